The SMILES string of the molecule is Cc1cnc(N2CC=C(c3cc(NC(=O)C4CNC(=O)CC4C(F)(F)F)c(N4C[C@@H](C)N(C)[C@@H](C)C4)cc3F)CC2)nc1. The number of likely N-dealkylation sites (N-methyl/N-ethyl adjacent to an activating group) is 1. The largest absolute Gasteiger partial charge is 0.393 e. The van der Waals surface area contributed by atoms with Crippen LogP contribution in [0, 0.1) is 24.6 Å². The summed E-state index contributed by atoms with van der Waals surface area (Å²) in [4.78, 5) is 40.1. The number of amides is 2. The molecule has 1 aromatic heterocycles. The van der Waals surface area contributed by atoms with E-state index in [0.717, 1.165) is 11.1 Å². The topological polar surface area (TPSA) is 93.7 Å². The van der Waals surface area contributed by atoms with Crippen LogP contribution < -0.4 is 20.4 Å². The minimum Gasteiger partial charge on any atom is -0.367 e. The Balaban J connectivity index is 1.47. The predicted molar refractivity (Wildman–Crippen MR) is 156 cm³/mol. The summed E-state index contributed by atoms with van der Waals surface area (Å²) in [5.74, 6) is -5.13. The van der Waals surface area contributed by atoms with E-state index in [2.05, 4.69) is 25.5 Å². The van der Waals surface area contributed by atoms with Crippen LogP contribution in [-0.4, -0.2) is 84.7 Å². The van der Waals surface area contributed by atoms with Crippen molar-refractivity contribution in [2.45, 2.75) is 51.9 Å². The molecule has 0 bridgehead atoms. The highest BCUT2D eigenvalue weighted by atomic mass is 19.4. The molecule has 4 atom stereocenters. The summed E-state index contributed by atoms with van der Waals surface area (Å²) >= 11 is 0. The molecule has 232 valence electrons. The van der Waals surface area contributed by atoms with E-state index >= 15 is 4.39 Å². The second kappa shape index (κ2) is 12.1. The third-order valence-corrected chi connectivity index (χ3v) is 8.82. The molecule has 0 spiro atoms. The third-order valence-electron chi connectivity index (χ3n) is 8.82. The molecular weight excluding hydrogens is 566 g/mol. The molecule has 3 aliphatic rings. The number of hydrogen-bond acceptors (Lipinski definition) is 7. The molecule has 3 aliphatic heterocycles. The summed E-state index contributed by atoms with van der Waals surface area (Å²) in [6.45, 7) is 7.63. The number of benzene rings is 1. The van der Waals surface area contributed by atoms with Crippen LogP contribution in [0.5, 0.6) is 0 Å². The minimum atomic E-state index is -4.72. The van der Waals surface area contributed by atoms with Gasteiger partial charge in [0.15, 0.2) is 0 Å². The number of nitrogens with one attached hydrogen (secondary N) is 2. The van der Waals surface area contributed by atoms with Gasteiger partial charge in [-0.05, 0) is 57.5 Å². The van der Waals surface area contributed by atoms with Crippen LogP contribution in [0.25, 0.3) is 5.57 Å². The standard InChI is InChI=1S/C30H37F4N7O2/c1-17-12-36-29(37-13-17)40-7-5-20(6-8-40)21-9-25(26(11-24(21)31)41-15-18(2)39(4)19(3)16-41)38-28(43)22-14-35-27(42)10-23(22)30(32,33)34/h5,9,11-13,18-19,22-23H,6-8,10,14-16H2,1-4H3,(H,35,42)(H,38,43)/t18-,19+,22?,23?. The van der Waals surface area contributed by atoms with Crippen molar-refractivity contribution in [2.75, 3.05) is 54.9 Å². The Hall–Kier alpha value is -3.74. The summed E-state index contributed by atoms with van der Waals surface area (Å²) in [5, 5.41) is 5.10. The first kappa shape index (κ1) is 30.7. The Morgan fingerprint density at radius 1 is 1.09 bits per heavy atom. The summed E-state index contributed by atoms with van der Waals surface area (Å²) in [5.41, 5.74) is 2.60. The lowest BCUT2D eigenvalue weighted by atomic mass is 9.84. The highest BCUT2D eigenvalue weighted by molar-refractivity contribution is 5.98. The lowest BCUT2D eigenvalue weighted by Gasteiger charge is -2.44. The number of aryl methyl sites for hydroxylation is 1. The Morgan fingerprint density at radius 2 is 1.77 bits per heavy atom. The summed E-state index contributed by atoms with van der Waals surface area (Å²) in [6.07, 6.45) is 0.288. The van der Waals surface area contributed by atoms with Crippen molar-refractivity contribution >= 4 is 34.7 Å². The normalized spacial score (nSPS) is 25.3. The fourth-order valence-electron chi connectivity index (χ4n) is 6.04. The van der Waals surface area contributed by atoms with E-state index in [1.165, 1.54) is 12.1 Å². The van der Waals surface area contributed by atoms with Gasteiger partial charge < -0.3 is 20.4 Å². The Kier molecular flexibility index (Phi) is 8.64. The zero-order chi connectivity index (χ0) is 31.1. The minimum absolute atomic E-state index is 0.120. The number of anilines is 3. The maximum atomic E-state index is 15.8. The van der Waals surface area contributed by atoms with Gasteiger partial charge in [-0.1, -0.05) is 6.08 Å². The van der Waals surface area contributed by atoms with Crippen LogP contribution in [0.15, 0.2) is 30.6 Å². The summed E-state index contributed by atoms with van der Waals surface area (Å²) < 4.78 is 57.4. The molecule has 2 amide bonds. The third kappa shape index (κ3) is 6.61. The van der Waals surface area contributed by atoms with Gasteiger partial charge in [-0.15, -0.1) is 0 Å². The average Bonchev–Trinajstić information content (AvgIpc) is 2.96. The lowest BCUT2D eigenvalue weighted by Crippen LogP contribution is -2.55. The molecular formula is C30H37F4N7O2. The molecule has 13 heteroatoms. The van der Waals surface area contributed by atoms with Crippen molar-refractivity contribution in [3.05, 3.63) is 47.5 Å². The second-order valence-corrected chi connectivity index (χ2v) is 11.9. The van der Waals surface area contributed by atoms with Gasteiger partial charge in [-0.2, -0.15) is 13.2 Å². The van der Waals surface area contributed by atoms with Gasteiger partial charge in [0, 0.05) is 69.2 Å². The molecule has 4 heterocycles. The van der Waals surface area contributed by atoms with E-state index in [1.807, 2.05) is 43.7 Å². The number of hydrogen-bond donors (Lipinski definition) is 2. The van der Waals surface area contributed by atoms with Crippen LogP contribution in [0.2, 0.25) is 0 Å². The number of nitrogens with zero attached hydrogens (tertiary/aromatic N) is 5. The van der Waals surface area contributed by atoms with Crippen molar-refractivity contribution in [3.63, 3.8) is 0 Å². The highest BCUT2D eigenvalue weighted by Crippen LogP contribution is 2.39. The van der Waals surface area contributed by atoms with Crippen molar-refractivity contribution in [1.29, 1.82) is 0 Å². The first-order chi connectivity index (χ1) is 20.3. The van der Waals surface area contributed by atoms with Crippen LogP contribution in [0.3, 0.4) is 0 Å². The van der Waals surface area contributed by atoms with Gasteiger partial charge in [0.1, 0.15) is 5.82 Å². The van der Waals surface area contributed by atoms with Crippen LogP contribution in [0.4, 0.5) is 34.9 Å². The maximum absolute atomic E-state index is 15.8. The number of carbonyl (C=O) groups is 2. The number of halogens is 4. The molecule has 2 fully saturated rings. The molecule has 2 aromatic rings. The van der Waals surface area contributed by atoms with Gasteiger partial charge >= 0.3 is 6.18 Å². The number of rotatable bonds is 5. The first-order valence-corrected chi connectivity index (χ1v) is 14.5. The smallest absolute Gasteiger partial charge is 0.367 e. The molecule has 0 aliphatic carbocycles. The molecule has 0 saturated carbocycles. The van der Waals surface area contributed by atoms with Gasteiger partial charge in [-0.3, -0.25) is 14.5 Å². The van der Waals surface area contributed by atoms with Crippen LogP contribution in [-0.2, 0) is 9.59 Å². The van der Waals surface area contributed by atoms with Gasteiger partial charge in [-0.25, -0.2) is 14.4 Å². The quantitative estimate of drug-likeness (QED) is 0.500. The number of aromatic nitrogens is 2. The fourth-order valence-corrected chi connectivity index (χ4v) is 6.04. The van der Waals surface area contributed by atoms with Gasteiger partial charge in [0.2, 0.25) is 17.8 Å². The Bertz CT molecular complexity index is 1390. The van der Waals surface area contributed by atoms with Crippen molar-refractivity contribution in [3.8, 4) is 0 Å². The number of piperidine rings is 1. The highest BCUT2D eigenvalue weighted by Gasteiger charge is 2.50. The molecule has 9 nitrogen and oxygen atoms in total. The molecule has 0 radical (unpaired) electrons. The summed E-state index contributed by atoms with van der Waals surface area (Å²) in [7, 11) is 2.01. The van der Waals surface area contributed by atoms with Crippen molar-refractivity contribution in [2.24, 2.45) is 11.8 Å². The molecule has 5 rings (SSSR count). The van der Waals surface area contributed by atoms with Gasteiger partial charge in [0.05, 0.1) is 23.2 Å². The lowest BCUT2D eigenvalue weighted by molar-refractivity contribution is -0.197. The van der Waals surface area contributed by atoms with E-state index in [0.29, 0.717) is 44.2 Å². The van der Waals surface area contributed by atoms with E-state index in [9.17, 15) is 22.8 Å². The maximum Gasteiger partial charge on any atom is 0.393 e. The van der Waals surface area contributed by atoms with E-state index in [4.69, 9.17) is 0 Å². The van der Waals surface area contributed by atoms with Crippen LogP contribution in [0.1, 0.15) is 37.8 Å². The summed E-state index contributed by atoms with van der Waals surface area (Å²) in [6, 6.07) is 3.14. The Morgan fingerprint density at radius 3 is 2.37 bits per heavy atom. The number of alkyl halides is 3. The van der Waals surface area contributed by atoms with Crippen LogP contribution >= 0.6 is 0 Å². The number of piperazine rings is 1. The zero-order valence-corrected chi connectivity index (χ0v) is 24.7. The van der Waals surface area contributed by atoms with E-state index in [-0.39, 0.29) is 23.3 Å². The molecule has 2 unspecified atom stereocenters. The van der Waals surface area contributed by atoms with Gasteiger partial charge in [0.25, 0.3) is 0 Å². The second-order valence-electron chi connectivity index (χ2n) is 11.9. The van der Waals surface area contributed by atoms with Crippen molar-refractivity contribution < 1.29 is 27.2 Å². The number of carbonyl (C=O) groups excluding carboxylic acids is 2. The average molecular weight is 604 g/mol. The fraction of sp³-hybridized carbons (Fsp3) is 0.533. The molecule has 2 N–H and O–H groups in total. The molecule has 1 aromatic carbocycles. The van der Waals surface area contributed by atoms with E-state index in [1.54, 1.807) is 12.4 Å². The Labute approximate surface area is 248 Å². The first-order valence-electron chi connectivity index (χ1n) is 14.5. The molecule has 43 heavy (non-hydrogen) atoms. The predicted octanol–water partition coefficient (Wildman–Crippen LogP) is 4.00. The zero-order valence-electron chi connectivity index (χ0n) is 24.7. The monoisotopic (exact) mass is 603 g/mol. The molecule has 2 saturated heterocycles. The van der Waals surface area contributed by atoms with E-state index < -0.39 is 48.6 Å². The van der Waals surface area contributed by atoms with Crippen molar-refractivity contribution in [1.82, 2.24) is 20.2 Å².